The number of likely N-dealkylation sites (tertiary alicyclic amines) is 1. The Labute approximate surface area is 160 Å². The molecule has 148 valence electrons. The molecule has 1 saturated heterocycles. The van der Waals surface area contributed by atoms with Crippen LogP contribution in [0.5, 0.6) is 11.5 Å². The van der Waals surface area contributed by atoms with Crippen molar-refractivity contribution in [1.82, 2.24) is 4.90 Å². The largest absolute Gasteiger partial charge is 0.490 e. The Morgan fingerprint density at radius 1 is 1.15 bits per heavy atom. The van der Waals surface area contributed by atoms with Gasteiger partial charge in [0.2, 0.25) is 0 Å². The Morgan fingerprint density at radius 3 is 2.41 bits per heavy atom. The predicted octanol–water partition coefficient (Wildman–Crippen LogP) is 3.15. The van der Waals surface area contributed by atoms with Crippen LogP contribution in [-0.4, -0.2) is 50.2 Å². The van der Waals surface area contributed by atoms with Gasteiger partial charge in [-0.25, -0.2) is 0 Å². The molecule has 27 heavy (non-hydrogen) atoms. The Balaban J connectivity index is 1.84. The zero-order valence-electron chi connectivity index (χ0n) is 16.8. The van der Waals surface area contributed by atoms with Gasteiger partial charge in [0.25, 0.3) is 5.91 Å². The maximum absolute atomic E-state index is 13.1. The van der Waals surface area contributed by atoms with Crippen LogP contribution >= 0.6 is 0 Å². The molecule has 0 aromatic heterocycles. The molecule has 0 N–H and O–H groups in total. The minimum absolute atomic E-state index is 0.0263. The van der Waals surface area contributed by atoms with Crippen LogP contribution in [0.25, 0.3) is 0 Å². The van der Waals surface area contributed by atoms with Gasteiger partial charge in [-0.15, -0.1) is 0 Å². The lowest BCUT2D eigenvalue weighted by Crippen LogP contribution is -2.57. The smallest absolute Gasteiger partial charge is 0.314 e. The zero-order valence-corrected chi connectivity index (χ0v) is 16.8. The second-order valence-electron chi connectivity index (χ2n) is 8.08. The maximum atomic E-state index is 13.1. The SMILES string of the molecule is CCOc1ccc(C(=O)N2C[C@@H]3C(C)(C)C[C@]3(C(=O)OC)C2)cc1OCC. The summed E-state index contributed by atoms with van der Waals surface area (Å²) in [6, 6.07) is 5.26. The molecular formula is C21H29NO5. The molecule has 1 aromatic carbocycles. The molecule has 1 amide bonds. The van der Waals surface area contributed by atoms with Crippen molar-refractivity contribution in [2.75, 3.05) is 33.4 Å². The van der Waals surface area contributed by atoms with Crippen LogP contribution in [0.1, 0.15) is 44.5 Å². The highest BCUT2D eigenvalue weighted by atomic mass is 16.5. The minimum Gasteiger partial charge on any atom is -0.490 e. The number of benzene rings is 1. The molecule has 1 heterocycles. The molecule has 6 heteroatoms. The molecule has 1 saturated carbocycles. The van der Waals surface area contributed by atoms with Crippen molar-refractivity contribution < 1.29 is 23.8 Å². The third kappa shape index (κ3) is 3.15. The van der Waals surface area contributed by atoms with Gasteiger partial charge in [-0.3, -0.25) is 9.59 Å². The first kappa shape index (κ1) is 19.5. The van der Waals surface area contributed by atoms with Crippen LogP contribution in [0.3, 0.4) is 0 Å². The van der Waals surface area contributed by atoms with Crippen molar-refractivity contribution >= 4 is 11.9 Å². The van der Waals surface area contributed by atoms with Crippen LogP contribution < -0.4 is 9.47 Å². The molecule has 2 fully saturated rings. The third-order valence-electron chi connectivity index (χ3n) is 5.93. The van der Waals surface area contributed by atoms with Gasteiger partial charge in [0.15, 0.2) is 11.5 Å². The summed E-state index contributed by atoms with van der Waals surface area (Å²) < 4.78 is 16.3. The predicted molar refractivity (Wildman–Crippen MR) is 101 cm³/mol. The average molecular weight is 375 g/mol. The van der Waals surface area contributed by atoms with Crippen molar-refractivity contribution in [2.24, 2.45) is 16.7 Å². The molecule has 0 radical (unpaired) electrons. The van der Waals surface area contributed by atoms with Crippen molar-refractivity contribution in [1.29, 1.82) is 0 Å². The van der Waals surface area contributed by atoms with Gasteiger partial charge in [0.05, 0.1) is 25.7 Å². The lowest BCUT2D eigenvalue weighted by molar-refractivity contribution is -0.174. The van der Waals surface area contributed by atoms with E-state index < -0.39 is 5.41 Å². The number of esters is 1. The summed E-state index contributed by atoms with van der Waals surface area (Å²) in [6.45, 7) is 10.1. The summed E-state index contributed by atoms with van der Waals surface area (Å²) in [5.74, 6) is 1.02. The van der Waals surface area contributed by atoms with E-state index in [4.69, 9.17) is 14.2 Å². The molecular weight excluding hydrogens is 346 g/mol. The van der Waals surface area contributed by atoms with Crippen LogP contribution in [0, 0.1) is 16.7 Å². The molecule has 6 nitrogen and oxygen atoms in total. The van der Waals surface area contributed by atoms with Crippen LogP contribution in [-0.2, 0) is 9.53 Å². The number of fused-ring (bicyclic) bond motifs is 1. The van der Waals surface area contributed by atoms with Crippen molar-refractivity contribution in [2.45, 2.75) is 34.1 Å². The lowest BCUT2D eigenvalue weighted by atomic mass is 9.48. The zero-order chi connectivity index (χ0) is 19.8. The monoisotopic (exact) mass is 375 g/mol. The number of carbonyl (C=O) groups is 2. The van der Waals surface area contributed by atoms with Crippen molar-refractivity contribution in [3.63, 3.8) is 0 Å². The molecule has 0 bridgehead atoms. The van der Waals surface area contributed by atoms with Crippen LogP contribution in [0.15, 0.2) is 18.2 Å². The maximum Gasteiger partial charge on any atom is 0.314 e. The molecule has 2 aliphatic rings. The molecule has 1 aliphatic carbocycles. The van der Waals surface area contributed by atoms with Crippen LogP contribution in [0.2, 0.25) is 0 Å². The lowest BCUT2D eigenvalue weighted by Gasteiger charge is -2.54. The van der Waals surface area contributed by atoms with Crippen LogP contribution in [0.4, 0.5) is 0 Å². The molecule has 1 aromatic rings. The second kappa shape index (κ2) is 7.06. The molecule has 2 atom stereocenters. The Bertz CT molecular complexity index is 744. The summed E-state index contributed by atoms with van der Waals surface area (Å²) in [4.78, 5) is 27.4. The topological polar surface area (TPSA) is 65.1 Å². The number of hydrogen-bond acceptors (Lipinski definition) is 5. The van der Waals surface area contributed by atoms with Gasteiger partial charge in [-0.05, 0) is 49.8 Å². The number of nitrogens with zero attached hydrogens (tertiary/aromatic N) is 1. The van der Waals surface area contributed by atoms with Crippen molar-refractivity contribution in [3.05, 3.63) is 23.8 Å². The van der Waals surface area contributed by atoms with Gasteiger partial charge >= 0.3 is 5.97 Å². The highest BCUT2D eigenvalue weighted by Crippen LogP contribution is 2.63. The molecule has 3 rings (SSSR count). The summed E-state index contributed by atoms with van der Waals surface area (Å²) in [5, 5.41) is 0. The van der Waals surface area contributed by atoms with Gasteiger partial charge < -0.3 is 19.1 Å². The number of amides is 1. The third-order valence-corrected chi connectivity index (χ3v) is 5.93. The van der Waals surface area contributed by atoms with E-state index >= 15 is 0 Å². The Hall–Kier alpha value is -2.24. The standard InChI is InChI=1S/C21H29NO5/c1-6-26-15-9-8-14(10-16(15)27-7-2)18(23)22-11-17-20(3,4)12-21(17,13-22)19(24)25-5/h8-10,17H,6-7,11-13H2,1-5H3/t17-,21+/m1/s1. The fourth-order valence-corrected chi connectivity index (χ4v) is 4.89. The average Bonchev–Trinajstić information content (AvgIpc) is 2.98. The normalized spacial score (nSPS) is 25.4. The quantitative estimate of drug-likeness (QED) is 0.715. The van der Waals surface area contributed by atoms with E-state index in [1.807, 2.05) is 13.8 Å². The number of hydrogen-bond donors (Lipinski definition) is 0. The van der Waals surface area contributed by atoms with Crippen molar-refractivity contribution in [3.8, 4) is 11.5 Å². The molecule has 0 spiro atoms. The van der Waals surface area contributed by atoms with Gasteiger partial charge in [0.1, 0.15) is 0 Å². The summed E-state index contributed by atoms with van der Waals surface area (Å²) in [6.07, 6.45) is 0.745. The summed E-state index contributed by atoms with van der Waals surface area (Å²) in [5.41, 5.74) is 0.00139. The van der Waals surface area contributed by atoms with E-state index in [0.717, 1.165) is 6.42 Å². The number of rotatable bonds is 6. The van der Waals surface area contributed by atoms with E-state index in [0.29, 0.717) is 43.4 Å². The fourth-order valence-electron chi connectivity index (χ4n) is 4.89. The summed E-state index contributed by atoms with van der Waals surface area (Å²) >= 11 is 0. The highest BCUT2D eigenvalue weighted by molar-refractivity contribution is 5.96. The summed E-state index contributed by atoms with van der Waals surface area (Å²) in [7, 11) is 1.42. The number of methoxy groups -OCH3 is 1. The minimum atomic E-state index is -0.568. The van der Waals surface area contributed by atoms with E-state index in [2.05, 4.69) is 13.8 Å². The van der Waals surface area contributed by atoms with E-state index in [1.165, 1.54) is 7.11 Å². The number of ether oxygens (including phenoxy) is 3. The van der Waals surface area contributed by atoms with Gasteiger partial charge in [-0.2, -0.15) is 0 Å². The van der Waals surface area contributed by atoms with E-state index in [1.54, 1.807) is 23.1 Å². The first-order valence-corrected chi connectivity index (χ1v) is 9.56. The Morgan fingerprint density at radius 2 is 1.81 bits per heavy atom. The van der Waals surface area contributed by atoms with E-state index in [-0.39, 0.29) is 23.2 Å². The molecule has 1 aliphatic heterocycles. The number of carbonyl (C=O) groups excluding carboxylic acids is 2. The van der Waals surface area contributed by atoms with E-state index in [9.17, 15) is 9.59 Å². The fraction of sp³-hybridized carbons (Fsp3) is 0.619. The van der Waals surface area contributed by atoms with Gasteiger partial charge in [-0.1, -0.05) is 13.8 Å². The Kier molecular flexibility index (Phi) is 5.10. The highest BCUT2D eigenvalue weighted by Gasteiger charge is 2.68. The van der Waals surface area contributed by atoms with Gasteiger partial charge in [0, 0.05) is 18.7 Å². The molecule has 0 unspecified atom stereocenters. The first-order chi connectivity index (χ1) is 12.8. The first-order valence-electron chi connectivity index (χ1n) is 9.56. The second-order valence-corrected chi connectivity index (χ2v) is 8.08.